The van der Waals surface area contributed by atoms with Gasteiger partial charge in [0.05, 0.1) is 0 Å². The van der Waals surface area contributed by atoms with Gasteiger partial charge in [-0.05, 0) is 127 Å². The van der Waals surface area contributed by atoms with Gasteiger partial charge in [0.15, 0.2) is 0 Å². The fourth-order valence-corrected chi connectivity index (χ4v) is 9.93. The van der Waals surface area contributed by atoms with Crippen molar-refractivity contribution in [2.24, 2.45) is 0 Å². The first-order valence-corrected chi connectivity index (χ1v) is 22.0. The largest absolute Gasteiger partial charge is 0.456 e. The number of aryl methyl sites for hydroxylation is 1. The summed E-state index contributed by atoms with van der Waals surface area (Å²) in [6.07, 6.45) is 3.08. The molecular formula is C61H48O. The summed E-state index contributed by atoms with van der Waals surface area (Å²) in [5.74, 6) is 0.377. The number of hydrogen-bond acceptors (Lipinski definition) is 1. The van der Waals surface area contributed by atoms with E-state index < -0.39 is 0 Å². The summed E-state index contributed by atoms with van der Waals surface area (Å²) in [5.41, 5.74) is 21.5. The summed E-state index contributed by atoms with van der Waals surface area (Å²) in [6.45, 7) is 4.77. The van der Waals surface area contributed by atoms with Crippen LogP contribution in [0.15, 0.2) is 217 Å². The van der Waals surface area contributed by atoms with Gasteiger partial charge in [-0.15, -0.1) is 0 Å². The zero-order valence-corrected chi connectivity index (χ0v) is 35.3. The monoisotopic (exact) mass is 796 g/mol. The minimum absolute atomic E-state index is 0.0273. The second kappa shape index (κ2) is 15.7. The van der Waals surface area contributed by atoms with Crippen LogP contribution in [0.3, 0.4) is 0 Å². The van der Waals surface area contributed by atoms with E-state index in [2.05, 4.69) is 214 Å². The van der Waals surface area contributed by atoms with E-state index in [1.165, 1.54) is 83.5 Å². The molecule has 0 amide bonds. The number of fused-ring (bicyclic) bond motifs is 6. The topological polar surface area (TPSA) is 13.1 Å². The van der Waals surface area contributed by atoms with Gasteiger partial charge in [0.1, 0.15) is 11.2 Å². The molecule has 1 nitrogen and oxygen atoms in total. The van der Waals surface area contributed by atoms with Crippen LogP contribution in [-0.4, -0.2) is 0 Å². The second-order valence-electron chi connectivity index (χ2n) is 17.6. The summed E-state index contributed by atoms with van der Waals surface area (Å²) < 4.78 is 6.07. The summed E-state index contributed by atoms with van der Waals surface area (Å²) in [7, 11) is 0. The summed E-state index contributed by atoms with van der Waals surface area (Å²) in [6, 6.07) is 78.1. The van der Waals surface area contributed by atoms with E-state index in [0.29, 0.717) is 5.92 Å². The Hall–Kier alpha value is -7.22. The van der Waals surface area contributed by atoms with Crippen molar-refractivity contribution in [3.05, 3.63) is 240 Å². The quantitative estimate of drug-likeness (QED) is 0.134. The van der Waals surface area contributed by atoms with Crippen LogP contribution in [0.1, 0.15) is 54.0 Å². The highest BCUT2D eigenvalue weighted by Gasteiger charge is 2.35. The maximum Gasteiger partial charge on any atom is 0.135 e. The van der Waals surface area contributed by atoms with Crippen molar-refractivity contribution < 1.29 is 4.42 Å². The van der Waals surface area contributed by atoms with E-state index in [-0.39, 0.29) is 5.41 Å². The van der Waals surface area contributed by atoms with Crippen LogP contribution in [0.2, 0.25) is 0 Å². The van der Waals surface area contributed by atoms with E-state index >= 15 is 0 Å². The molecule has 1 aromatic heterocycles. The standard InChI is InChI=1S/C61H48O/c1-61(2)57-14-8-6-12-53(57)54-36-34-52(40-58(54)61)50(38-42-19-23-45(24-20-42)47-28-26-46(27-29-47)43-10-4-3-5-11-43)25-18-41-16-21-44(22-17-41)48-30-32-49(33-31-48)51-35-37-60-56(39-51)55-13-7-9-15-59(55)62-60/h3-17,19-24,26-37,39-40,50H,18,25,38H2,1-2H3. The Morgan fingerprint density at radius 2 is 0.887 bits per heavy atom. The molecule has 0 spiro atoms. The van der Waals surface area contributed by atoms with Crippen molar-refractivity contribution in [1.29, 1.82) is 0 Å². The van der Waals surface area contributed by atoms with Crippen molar-refractivity contribution in [3.8, 4) is 55.6 Å². The Bertz CT molecular complexity index is 3180. The number of benzene rings is 9. The van der Waals surface area contributed by atoms with E-state index in [9.17, 15) is 0 Å². The first kappa shape index (κ1) is 37.8. The minimum atomic E-state index is -0.0273. The predicted molar refractivity (Wildman–Crippen MR) is 261 cm³/mol. The molecule has 11 rings (SSSR count). The molecule has 0 N–H and O–H groups in total. The van der Waals surface area contributed by atoms with E-state index in [4.69, 9.17) is 4.42 Å². The highest BCUT2D eigenvalue weighted by molar-refractivity contribution is 6.06. The van der Waals surface area contributed by atoms with Gasteiger partial charge in [0, 0.05) is 16.2 Å². The maximum atomic E-state index is 6.07. The van der Waals surface area contributed by atoms with E-state index in [1.54, 1.807) is 0 Å². The predicted octanol–water partition coefficient (Wildman–Crippen LogP) is 16.5. The zero-order valence-electron chi connectivity index (χ0n) is 35.3. The van der Waals surface area contributed by atoms with Crippen LogP contribution in [-0.2, 0) is 18.3 Å². The molecular weight excluding hydrogens is 749 g/mol. The van der Waals surface area contributed by atoms with Crippen LogP contribution >= 0.6 is 0 Å². The molecule has 0 fully saturated rings. The van der Waals surface area contributed by atoms with Crippen LogP contribution in [0.25, 0.3) is 77.6 Å². The molecule has 0 bridgehead atoms. The highest BCUT2D eigenvalue weighted by Crippen LogP contribution is 2.49. The van der Waals surface area contributed by atoms with Crippen LogP contribution in [0, 0.1) is 0 Å². The van der Waals surface area contributed by atoms with Crippen LogP contribution < -0.4 is 0 Å². The maximum absolute atomic E-state index is 6.07. The highest BCUT2D eigenvalue weighted by atomic mass is 16.3. The Kier molecular flexibility index (Phi) is 9.54. The van der Waals surface area contributed by atoms with Crippen molar-refractivity contribution >= 4 is 21.9 Å². The normalized spacial score (nSPS) is 13.3. The van der Waals surface area contributed by atoms with E-state index in [0.717, 1.165) is 41.2 Å². The summed E-state index contributed by atoms with van der Waals surface area (Å²) in [4.78, 5) is 0. The molecule has 1 aliphatic carbocycles. The molecule has 0 radical (unpaired) electrons. The fraction of sp³-hybridized carbons (Fsp3) is 0.115. The Balaban J connectivity index is 0.827. The molecule has 1 heteroatoms. The molecule has 9 aromatic carbocycles. The molecule has 298 valence electrons. The molecule has 1 heterocycles. The lowest BCUT2D eigenvalue weighted by atomic mass is 9.79. The van der Waals surface area contributed by atoms with E-state index in [1.807, 2.05) is 12.1 Å². The molecule has 0 aliphatic heterocycles. The first-order valence-electron chi connectivity index (χ1n) is 22.0. The SMILES string of the molecule is CC1(C)c2ccccc2-c2ccc(C(CCc3ccc(-c4ccc(-c5ccc6oc7ccccc7c6c5)cc4)cc3)Cc3ccc(-c4ccc(-c5ccccc5)cc4)cc3)cc21. The number of hydrogen-bond donors (Lipinski definition) is 0. The molecule has 1 unspecified atom stereocenters. The van der Waals surface area contributed by atoms with Gasteiger partial charge in [0.25, 0.3) is 0 Å². The van der Waals surface area contributed by atoms with Crippen LogP contribution in [0.4, 0.5) is 0 Å². The van der Waals surface area contributed by atoms with Crippen LogP contribution in [0.5, 0.6) is 0 Å². The molecule has 10 aromatic rings. The Morgan fingerprint density at radius 1 is 0.387 bits per heavy atom. The summed E-state index contributed by atoms with van der Waals surface area (Å²) >= 11 is 0. The molecule has 0 saturated carbocycles. The Morgan fingerprint density at radius 3 is 1.56 bits per heavy atom. The van der Waals surface area contributed by atoms with Gasteiger partial charge in [-0.2, -0.15) is 0 Å². The lowest BCUT2D eigenvalue weighted by molar-refractivity contribution is 0.614. The lowest BCUT2D eigenvalue weighted by Gasteiger charge is -2.24. The number of rotatable bonds is 10. The van der Waals surface area contributed by atoms with Crippen molar-refractivity contribution in [2.75, 3.05) is 0 Å². The van der Waals surface area contributed by atoms with Gasteiger partial charge >= 0.3 is 0 Å². The van der Waals surface area contributed by atoms with Crippen molar-refractivity contribution in [3.63, 3.8) is 0 Å². The molecule has 1 atom stereocenters. The van der Waals surface area contributed by atoms with Gasteiger partial charge in [0.2, 0.25) is 0 Å². The first-order chi connectivity index (χ1) is 30.4. The summed E-state index contributed by atoms with van der Waals surface area (Å²) in [5, 5.41) is 2.31. The van der Waals surface area contributed by atoms with Crippen molar-refractivity contribution in [1.82, 2.24) is 0 Å². The minimum Gasteiger partial charge on any atom is -0.456 e. The molecule has 1 aliphatic rings. The average Bonchev–Trinajstić information content (AvgIpc) is 3.82. The number of para-hydroxylation sites is 1. The van der Waals surface area contributed by atoms with Gasteiger partial charge < -0.3 is 4.42 Å². The van der Waals surface area contributed by atoms with Crippen molar-refractivity contribution in [2.45, 2.75) is 44.4 Å². The second-order valence-corrected chi connectivity index (χ2v) is 17.6. The molecule has 0 saturated heterocycles. The van der Waals surface area contributed by atoms with Gasteiger partial charge in [-0.3, -0.25) is 0 Å². The third-order valence-electron chi connectivity index (χ3n) is 13.5. The van der Waals surface area contributed by atoms with Gasteiger partial charge in [-0.1, -0.05) is 208 Å². The fourth-order valence-electron chi connectivity index (χ4n) is 9.93. The average molecular weight is 797 g/mol. The third-order valence-corrected chi connectivity index (χ3v) is 13.5. The number of furan rings is 1. The molecule has 62 heavy (non-hydrogen) atoms. The lowest BCUT2D eigenvalue weighted by Crippen LogP contribution is -2.16. The smallest absolute Gasteiger partial charge is 0.135 e. The Labute approximate surface area is 365 Å². The third kappa shape index (κ3) is 7.04. The zero-order chi connectivity index (χ0) is 41.6. The van der Waals surface area contributed by atoms with Gasteiger partial charge in [-0.25, -0.2) is 0 Å².